The molecule has 1 unspecified atom stereocenters. The van der Waals surface area contributed by atoms with Crippen LogP contribution in [0.4, 0.5) is 5.82 Å². The number of hydrogen-bond donors (Lipinski definition) is 1. The molecule has 0 saturated carbocycles. The van der Waals surface area contributed by atoms with Crippen molar-refractivity contribution >= 4 is 33.3 Å². The van der Waals surface area contributed by atoms with Crippen LogP contribution in [-0.2, 0) is 0 Å². The summed E-state index contributed by atoms with van der Waals surface area (Å²) in [6.45, 7) is 8.44. The van der Waals surface area contributed by atoms with E-state index in [4.69, 9.17) is 11.6 Å². The van der Waals surface area contributed by atoms with Crippen LogP contribution in [0, 0.1) is 12.8 Å². The molecule has 90 valence electrons. The zero-order valence-corrected chi connectivity index (χ0v) is 12.4. The molecule has 0 amide bonds. The van der Waals surface area contributed by atoms with Gasteiger partial charge in [-0.2, -0.15) is 4.98 Å². The summed E-state index contributed by atoms with van der Waals surface area (Å²) < 4.78 is 0.882. The van der Waals surface area contributed by atoms with E-state index in [1.807, 2.05) is 6.92 Å². The summed E-state index contributed by atoms with van der Waals surface area (Å²) in [5.74, 6) is 1.42. The Balaban J connectivity index is 2.80. The first-order valence-electron chi connectivity index (χ1n) is 5.36. The van der Waals surface area contributed by atoms with Crippen LogP contribution in [-0.4, -0.2) is 16.0 Å². The summed E-state index contributed by atoms with van der Waals surface area (Å²) in [5, 5.41) is 3.62. The highest BCUT2D eigenvalue weighted by atomic mass is 79.9. The van der Waals surface area contributed by atoms with E-state index in [0.29, 0.717) is 12.0 Å². The van der Waals surface area contributed by atoms with Crippen LogP contribution in [0.1, 0.15) is 32.9 Å². The average molecular weight is 307 g/mol. The smallest absolute Gasteiger partial charge is 0.224 e. The van der Waals surface area contributed by atoms with Gasteiger partial charge in [-0.25, -0.2) is 4.98 Å². The molecule has 0 aromatic carbocycles. The second-order valence-electron chi connectivity index (χ2n) is 4.42. The highest BCUT2D eigenvalue weighted by Gasteiger charge is 2.11. The Morgan fingerprint density at radius 1 is 1.31 bits per heavy atom. The lowest BCUT2D eigenvalue weighted by atomic mass is 10.1. The standard InChI is InChI=1S/C11H17BrClN3/c1-6(2)5-7(3)14-10-9(12)8(4)15-11(13)16-10/h6-7H,5H2,1-4H3,(H,14,15,16). The van der Waals surface area contributed by atoms with Crippen molar-refractivity contribution in [2.45, 2.75) is 40.2 Å². The number of halogens is 2. The normalized spacial score (nSPS) is 12.9. The third-order valence-corrected chi connectivity index (χ3v) is 3.32. The largest absolute Gasteiger partial charge is 0.367 e. The van der Waals surface area contributed by atoms with Gasteiger partial charge in [0.05, 0.1) is 10.2 Å². The summed E-state index contributed by atoms with van der Waals surface area (Å²) in [4.78, 5) is 8.25. The molecule has 1 heterocycles. The molecular weight excluding hydrogens is 289 g/mol. The van der Waals surface area contributed by atoms with Crippen molar-refractivity contribution in [1.29, 1.82) is 0 Å². The van der Waals surface area contributed by atoms with Gasteiger partial charge in [-0.1, -0.05) is 13.8 Å². The van der Waals surface area contributed by atoms with Gasteiger partial charge in [-0.15, -0.1) is 0 Å². The molecule has 0 aliphatic heterocycles. The van der Waals surface area contributed by atoms with Gasteiger partial charge >= 0.3 is 0 Å². The highest BCUT2D eigenvalue weighted by molar-refractivity contribution is 9.10. The number of nitrogens with one attached hydrogen (secondary N) is 1. The van der Waals surface area contributed by atoms with Crippen molar-refractivity contribution in [3.8, 4) is 0 Å². The number of nitrogens with zero attached hydrogens (tertiary/aromatic N) is 2. The Morgan fingerprint density at radius 3 is 2.50 bits per heavy atom. The Kier molecular flexibility index (Phi) is 4.99. The highest BCUT2D eigenvalue weighted by Crippen LogP contribution is 2.25. The lowest BCUT2D eigenvalue weighted by molar-refractivity contribution is 0.538. The van der Waals surface area contributed by atoms with Gasteiger partial charge in [0.25, 0.3) is 0 Å². The van der Waals surface area contributed by atoms with Crippen LogP contribution in [0.2, 0.25) is 5.28 Å². The fourth-order valence-electron chi connectivity index (χ4n) is 1.62. The number of aromatic nitrogens is 2. The van der Waals surface area contributed by atoms with E-state index in [-0.39, 0.29) is 5.28 Å². The number of rotatable bonds is 4. The molecule has 16 heavy (non-hydrogen) atoms. The van der Waals surface area contributed by atoms with Crippen LogP contribution >= 0.6 is 27.5 Å². The van der Waals surface area contributed by atoms with Crippen molar-refractivity contribution in [1.82, 2.24) is 9.97 Å². The third-order valence-electron chi connectivity index (χ3n) is 2.20. The van der Waals surface area contributed by atoms with E-state index >= 15 is 0 Å². The van der Waals surface area contributed by atoms with E-state index in [2.05, 4.69) is 52.0 Å². The summed E-state index contributed by atoms with van der Waals surface area (Å²) in [7, 11) is 0. The lowest BCUT2D eigenvalue weighted by Gasteiger charge is -2.17. The summed E-state index contributed by atoms with van der Waals surface area (Å²) in [6, 6.07) is 0.363. The summed E-state index contributed by atoms with van der Waals surface area (Å²) in [5.41, 5.74) is 0.847. The summed E-state index contributed by atoms with van der Waals surface area (Å²) in [6.07, 6.45) is 1.09. The quantitative estimate of drug-likeness (QED) is 0.853. The van der Waals surface area contributed by atoms with Crippen molar-refractivity contribution in [3.05, 3.63) is 15.5 Å². The van der Waals surface area contributed by atoms with Crippen molar-refractivity contribution in [3.63, 3.8) is 0 Å². The fourth-order valence-corrected chi connectivity index (χ4v) is 2.12. The molecule has 1 aromatic rings. The molecule has 0 bridgehead atoms. The molecule has 1 aromatic heterocycles. The molecule has 1 rings (SSSR count). The minimum absolute atomic E-state index is 0.278. The van der Waals surface area contributed by atoms with E-state index < -0.39 is 0 Å². The first-order chi connectivity index (χ1) is 7.40. The van der Waals surface area contributed by atoms with Crippen LogP contribution in [0.5, 0.6) is 0 Å². The van der Waals surface area contributed by atoms with Gasteiger partial charge < -0.3 is 5.32 Å². The van der Waals surface area contributed by atoms with Gasteiger partial charge in [0.1, 0.15) is 5.82 Å². The maximum absolute atomic E-state index is 5.83. The SMILES string of the molecule is Cc1nc(Cl)nc(NC(C)CC(C)C)c1Br. The van der Waals surface area contributed by atoms with Gasteiger partial charge in [0.2, 0.25) is 5.28 Å². The number of anilines is 1. The van der Waals surface area contributed by atoms with Crippen LogP contribution in [0.3, 0.4) is 0 Å². The molecule has 1 atom stereocenters. The van der Waals surface area contributed by atoms with Gasteiger partial charge in [0.15, 0.2) is 0 Å². The Morgan fingerprint density at radius 2 is 1.94 bits per heavy atom. The van der Waals surface area contributed by atoms with Crippen LogP contribution in [0.15, 0.2) is 4.47 Å². The second-order valence-corrected chi connectivity index (χ2v) is 5.55. The van der Waals surface area contributed by atoms with Crippen molar-refractivity contribution in [2.24, 2.45) is 5.92 Å². The maximum atomic E-state index is 5.83. The topological polar surface area (TPSA) is 37.8 Å². The summed E-state index contributed by atoms with van der Waals surface area (Å²) >= 11 is 9.29. The van der Waals surface area contributed by atoms with E-state index in [1.165, 1.54) is 0 Å². The van der Waals surface area contributed by atoms with Crippen LogP contribution < -0.4 is 5.32 Å². The molecule has 0 fully saturated rings. The van der Waals surface area contributed by atoms with E-state index in [1.54, 1.807) is 0 Å². The van der Waals surface area contributed by atoms with Gasteiger partial charge in [-0.3, -0.25) is 0 Å². The molecule has 0 saturated heterocycles. The first-order valence-corrected chi connectivity index (χ1v) is 6.53. The average Bonchev–Trinajstić information content (AvgIpc) is 2.11. The zero-order valence-electron chi connectivity index (χ0n) is 10.0. The Labute approximate surface area is 110 Å². The molecule has 5 heteroatoms. The molecule has 0 aliphatic carbocycles. The predicted octanol–water partition coefficient (Wildman–Crippen LogP) is 4.05. The maximum Gasteiger partial charge on any atom is 0.224 e. The molecule has 0 spiro atoms. The first kappa shape index (κ1) is 13.7. The number of aryl methyl sites for hydroxylation is 1. The molecular formula is C11H17BrClN3. The fraction of sp³-hybridized carbons (Fsp3) is 0.636. The minimum atomic E-state index is 0.278. The van der Waals surface area contributed by atoms with Crippen molar-refractivity contribution in [2.75, 3.05) is 5.32 Å². The lowest BCUT2D eigenvalue weighted by Crippen LogP contribution is -2.19. The van der Waals surface area contributed by atoms with Crippen LogP contribution in [0.25, 0.3) is 0 Å². The molecule has 1 N–H and O–H groups in total. The molecule has 0 radical (unpaired) electrons. The van der Waals surface area contributed by atoms with Gasteiger partial charge in [-0.05, 0) is 53.7 Å². The monoisotopic (exact) mass is 305 g/mol. The third kappa shape index (κ3) is 3.91. The second kappa shape index (κ2) is 5.82. The van der Waals surface area contributed by atoms with E-state index in [9.17, 15) is 0 Å². The van der Waals surface area contributed by atoms with E-state index in [0.717, 1.165) is 22.4 Å². The minimum Gasteiger partial charge on any atom is -0.367 e. The Bertz CT molecular complexity index is 368. The van der Waals surface area contributed by atoms with Crippen molar-refractivity contribution < 1.29 is 0 Å². The zero-order chi connectivity index (χ0) is 12.3. The van der Waals surface area contributed by atoms with Gasteiger partial charge in [0, 0.05) is 6.04 Å². The molecule has 0 aliphatic rings. The number of hydrogen-bond acceptors (Lipinski definition) is 3. The predicted molar refractivity (Wildman–Crippen MR) is 72.0 cm³/mol. The Hall–Kier alpha value is -0.350. The molecule has 3 nitrogen and oxygen atoms in total.